The zero-order valence-corrected chi connectivity index (χ0v) is 10.2. The lowest BCUT2D eigenvalue weighted by Gasteiger charge is -2.06. The van der Waals surface area contributed by atoms with E-state index < -0.39 is 0 Å². The number of nitrogens with one attached hydrogen (secondary N) is 1. The first-order chi connectivity index (χ1) is 8.38. The summed E-state index contributed by atoms with van der Waals surface area (Å²) in [6.45, 7) is 1.19. The Labute approximate surface area is 105 Å². The van der Waals surface area contributed by atoms with Gasteiger partial charge in [0, 0.05) is 24.7 Å². The van der Waals surface area contributed by atoms with Crippen LogP contribution in [0.2, 0.25) is 0 Å². The number of thioether (sulfide) groups is 1. The van der Waals surface area contributed by atoms with Crippen molar-refractivity contribution < 1.29 is 4.74 Å². The van der Waals surface area contributed by atoms with E-state index in [0.29, 0.717) is 13.2 Å². The molecule has 0 amide bonds. The second-order valence-corrected chi connectivity index (χ2v) is 4.53. The van der Waals surface area contributed by atoms with Gasteiger partial charge in [0.05, 0.1) is 6.61 Å². The maximum Gasteiger partial charge on any atom is 0.165 e. The maximum absolute atomic E-state index is 5.63. The van der Waals surface area contributed by atoms with Gasteiger partial charge in [-0.05, 0) is 17.7 Å². The molecule has 5 heteroatoms. The fourth-order valence-electron chi connectivity index (χ4n) is 1.39. The number of rotatable bonds is 6. The van der Waals surface area contributed by atoms with E-state index in [2.05, 4.69) is 9.97 Å². The van der Waals surface area contributed by atoms with E-state index in [4.69, 9.17) is 10.5 Å². The summed E-state index contributed by atoms with van der Waals surface area (Å²) < 4.78 is 5.63. The summed E-state index contributed by atoms with van der Waals surface area (Å²) in [5.74, 6) is 1.73. The lowest BCUT2D eigenvalue weighted by molar-refractivity contribution is 0.343. The fraction of sp³-hybridized carbons (Fsp3) is 0.250. The predicted molar refractivity (Wildman–Crippen MR) is 69.1 cm³/mol. The molecule has 0 bridgehead atoms. The van der Waals surface area contributed by atoms with Gasteiger partial charge < -0.3 is 15.5 Å². The van der Waals surface area contributed by atoms with Gasteiger partial charge in [0.2, 0.25) is 0 Å². The number of benzene rings is 1. The normalized spacial score (nSPS) is 10.4. The molecule has 2 rings (SSSR count). The number of imidazole rings is 1. The third-order valence-electron chi connectivity index (χ3n) is 2.20. The van der Waals surface area contributed by atoms with Crippen LogP contribution in [0.3, 0.4) is 0 Å². The standard InChI is InChI=1S/C12H15N3OS/c13-9-10-2-1-3-11(8-10)16-6-7-17-12-14-4-5-15-12/h1-5,8H,6-7,9,13H2,(H,14,15). The molecule has 4 nitrogen and oxygen atoms in total. The molecule has 1 aromatic carbocycles. The van der Waals surface area contributed by atoms with E-state index in [1.54, 1.807) is 18.0 Å². The van der Waals surface area contributed by atoms with Gasteiger partial charge in [0.1, 0.15) is 5.75 Å². The van der Waals surface area contributed by atoms with E-state index in [9.17, 15) is 0 Å². The first-order valence-electron chi connectivity index (χ1n) is 5.42. The highest BCUT2D eigenvalue weighted by Crippen LogP contribution is 2.15. The van der Waals surface area contributed by atoms with Gasteiger partial charge in [-0.15, -0.1) is 0 Å². The molecule has 90 valence electrons. The molecule has 1 aromatic heterocycles. The number of nitrogens with zero attached hydrogens (tertiary/aromatic N) is 1. The zero-order chi connectivity index (χ0) is 11.9. The molecule has 0 unspecified atom stereocenters. The Morgan fingerprint density at radius 3 is 3.12 bits per heavy atom. The monoisotopic (exact) mass is 249 g/mol. The van der Waals surface area contributed by atoms with Crippen LogP contribution < -0.4 is 10.5 Å². The van der Waals surface area contributed by atoms with Crippen molar-refractivity contribution >= 4 is 11.8 Å². The highest BCUT2D eigenvalue weighted by atomic mass is 32.2. The minimum absolute atomic E-state index is 0.540. The van der Waals surface area contributed by atoms with Crippen molar-refractivity contribution in [2.45, 2.75) is 11.7 Å². The van der Waals surface area contributed by atoms with Gasteiger partial charge >= 0.3 is 0 Å². The van der Waals surface area contributed by atoms with Crippen molar-refractivity contribution in [3.8, 4) is 5.75 Å². The topological polar surface area (TPSA) is 63.9 Å². The summed E-state index contributed by atoms with van der Waals surface area (Å²) in [6, 6.07) is 7.86. The quantitative estimate of drug-likeness (QED) is 0.607. The highest BCUT2D eigenvalue weighted by Gasteiger charge is 1.98. The minimum Gasteiger partial charge on any atom is -0.493 e. The third-order valence-corrected chi connectivity index (χ3v) is 3.07. The number of aromatic nitrogens is 2. The number of aromatic amines is 1. The van der Waals surface area contributed by atoms with Gasteiger partial charge in [0.15, 0.2) is 5.16 Å². The molecule has 2 aromatic rings. The number of nitrogens with two attached hydrogens (primary N) is 1. The van der Waals surface area contributed by atoms with Crippen LogP contribution in [0.15, 0.2) is 41.8 Å². The number of hydrogen-bond acceptors (Lipinski definition) is 4. The maximum atomic E-state index is 5.63. The van der Waals surface area contributed by atoms with E-state index in [0.717, 1.165) is 22.2 Å². The molecule has 0 saturated carbocycles. The Balaban J connectivity index is 1.74. The molecule has 0 saturated heterocycles. The smallest absolute Gasteiger partial charge is 0.165 e. The van der Waals surface area contributed by atoms with E-state index >= 15 is 0 Å². The Morgan fingerprint density at radius 2 is 2.35 bits per heavy atom. The van der Waals surface area contributed by atoms with Crippen LogP contribution in [0.5, 0.6) is 5.75 Å². The first-order valence-corrected chi connectivity index (χ1v) is 6.41. The molecule has 1 heterocycles. The van der Waals surface area contributed by atoms with Crippen LogP contribution in [-0.4, -0.2) is 22.3 Å². The summed E-state index contributed by atoms with van der Waals surface area (Å²) in [6.07, 6.45) is 3.56. The average molecular weight is 249 g/mol. The molecule has 0 aliphatic carbocycles. The molecule has 17 heavy (non-hydrogen) atoms. The molecular formula is C12H15N3OS. The minimum atomic E-state index is 0.540. The second-order valence-electron chi connectivity index (χ2n) is 3.44. The van der Waals surface area contributed by atoms with Gasteiger partial charge in [-0.25, -0.2) is 4.98 Å². The lowest BCUT2D eigenvalue weighted by atomic mass is 10.2. The van der Waals surface area contributed by atoms with Gasteiger partial charge in [-0.1, -0.05) is 23.9 Å². The summed E-state index contributed by atoms with van der Waals surface area (Å²) >= 11 is 1.64. The summed E-state index contributed by atoms with van der Waals surface area (Å²) in [4.78, 5) is 7.16. The molecule has 0 atom stereocenters. The van der Waals surface area contributed by atoms with Crippen LogP contribution in [0.4, 0.5) is 0 Å². The Bertz CT molecular complexity index is 445. The summed E-state index contributed by atoms with van der Waals surface area (Å²) in [7, 11) is 0. The largest absolute Gasteiger partial charge is 0.493 e. The van der Waals surface area contributed by atoms with Gasteiger partial charge in [-0.3, -0.25) is 0 Å². The van der Waals surface area contributed by atoms with Crippen molar-refractivity contribution in [2.75, 3.05) is 12.4 Å². The van der Waals surface area contributed by atoms with Crippen LogP contribution in [0.25, 0.3) is 0 Å². The van der Waals surface area contributed by atoms with Crippen molar-refractivity contribution in [2.24, 2.45) is 5.73 Å². The molecule has 0 spiro atoms. The van der Waals surface area contributed by atoms with E-state index in [1.165, 1.54) is 0 Å². The zero-order valence-electron chi connectivity index (χ0n) is 9.43. The second kappa shape index (κ2) is 6.32. The summed E-state index contributed by atoms with van der Waals surface area (Å²) in [5, 5.41) is 0.921. The van der Waals surface area contributed by atoms with Crippen LogP contribution in [0.1, 0.15) is 5.56 Å². The Hall–Kier alpha value is -1.46. The molecule has 0 aliphatic rings. The van der Waals surface area contributed by atoms with E-state index in [-0.39, 0.29) is 0 Å². The van der Waals surface area contributed by atoms with Crippen molar-refractivity contribution in [1.29, 1.82) is 0 Å². The molecular weight excluding hydrogens is 234 g/mol. The third kappa shape index (κ3) is 3.80. The fourth-order valence-corrected chi connectivity index (χ4v) is 2.04. The summed E-state index contributed by atoms with van der Waals surface area (Å²) in [5.41, 5.74) is 6.65. The van der Waals surface area contributed by atoms with E-state index in [1.807, 2.05) is 30.5 Å². The number of hydrogen-bond donors (Lipinski definition) is 2. The molecule has 3 N–H and O–H groups in total. The van der Waals surface area contributed by atoms with Crippen LogP contribution >= 0.6 is 11.8 Å². The van der Waals surface area contributed by atoms with Crippen molar-refractivity contribution in [3.63, 3.8) is 0 Å². The average Bonchev–Trinajstić information content (AvgIpc) is 2.88. The highest BCUT2D eigenvalue weighted by molar-refractivity contribution is 7.99. The van der Waals surface area contributed by atoms with Crippen molar-refractivity contribution in [3.05, 3.63) is 42.2 Å². The molecule has 0 aliphatic heterocycles. The molecule has 0 radical (unpaired) electrons. The van der Waals surface area contributed by atoms with Crippen molar-refractivity contribution in [1.82, 2.24) is 9.97 Å². The van der Waals surface area contributed by atoms with Crippen LogP contribution in [0, 0.1) is 0 Å². The van der Waals surface area contributed by atoms with Crippen LogP contribution in [-0.2, 0) is 6.54 Å². The van der Waals surface area contributed by atoms with Gasteiger partial charge in [-0.2, -0.15) is 0 Å². The SMILES string of the molecule is NCc1cccc(OCCSc2ncc[nH]2)c1. The predicted octanol–water partition coefficient (Wildman–Crippen LogP) is 2.04. The Kier molecular flexibility index (Phi) is 4.46. The first kappa shape index (κ1) is 12.0. The lowest BCUT2D eigenvalue weighted by Crippen LogP contribution is -2.02. The number of H-pyrrole nitrogens is 1. The molecule has 0 fully saturated rings. The Morgan fingerprint density at radius 1 is 1.41 bits per heavy atom. The van der Waals surface area contributed by atoms with Gasteiger partial charge in [0.25, 0.3) is 0 Å². The number of ether oxygens (including phenoxy) is 1.